The highest BCUT2D eigenvalue weighted by atomic mass is 16.3. The van der Waals surface area contributed by atoms with Crippen molar-refractivity contribution in [2.24, 2.45) is 0 Å². The maximum Gasteiger partial charge on any atom is 0.108 e. The van der Waals surface area contributed by atoms with Gasteiger partial charge < -0.3 is 5.11 Å². The number of benzene rings is 1. The predicted molar refractivity (Wildman–Crippen MR) is 78.3 cm³/mol. The summed E-state index contributed by atoms with van der Waals surface area (Å²) < 4.78 is 1.86. The molecule has 1 N–H and O–H groups in total. The smallest absolute Gasteiger partial charge is 0.108 e. The topological polar surface area (TPSA) is 50.9 Å². The fourth-order valence-corrected chi connectivity index (χ4v) is 2.43. The molecule has 0 aliphatic carbocycles. The number of hydrogen-bond acceptors (Lipinski definition) is 3. The van der Waals surface area contributed by atoms with E-state index >= 15 is 0 Å². The molecule has 0 bridgehead atoms. The number of pyridine rings is 1. The standard InChI is InChI=1S/C16H17N3O/c1-2-8-19-11-13(9-18-19)16(20)14-5-3-4-12-6-7-17-10-15(12)14/h3-7,9-11,16,20H,2,8H2,1H3. The lowest BCUT2D eigenvalue weighted by molar-refractivity contribution is 0.221. The second-order valence-corrected chi connectivity index (χ2v) is 4.88. The van der Waals surface area contributed by atoms with Crippen LogP contribution in [0.1, 0.15) is 30.6 Å². The van der Waals surface area contributed by atoms with Crippen molar-refractivity contribution in [3.8, 4) is 0 Å². The SMILES string of the molecule is CCCn1cc(C(O)c2cccc3ccncc23)cn1. The van der Waals surface area contributed by atoms with Crippen molar-refractivity contribution in [2.75, 3.05) is 0 Å². The first-order valence-electron chi connectivity index (χ1n) is 6.82. The Bertz CT molecular complexity index is 715. The Labute approximate surface area is 117 Å². The Morgan fingerprint density at radius 1 is 1.25 bits per heavy atom. The number of aliphatic hydroxyl groups excluding tert-OH is 1. The van der Waals surface area contributed by atoms with E-state index in [0.717, 1.165) is 34.9 Å². The van der Waals surface area contributed by atoms with Crippen LogP contribution in [0.3, 0.4) is 0 Å². The average Bonchev–Trinajstić information content (AvgIpc) is 2.95. The van der Waals surface area contributed by atoms with Gasteiger partial charge in [-0.15, -0.1) is 0 Å². The summed E-state index contributed by atoms with van der Waals surface area (Å²) in [4.78, 5) is 4.15. The minimum Gasteiger partial charge on any atom is -0.384 e. The van der Waals surface area contributed by atoms with Gasteiger partial charge in [0.25, 0.3) is 0 Å². The molecule has 3 aromatic rings. The third-order valence-electron chi connectivity index (χ3n) is 3.43. The van der Waals surface area contributed by atoms with Crippen LogP contribution in [0.25, 0.3) is 10.8 Å². The molecule has 4 nitrogen and oxygen atoms in total. The van der Waals surface area contributed by atoms with Gasteiger partial charge in [-0.3, -0.25) is 9.67 Å². The first kappa shape index (κ1) is 12.8. The van der Waals surface area contributed by atoms with Gasteiger partial charge in [0.2, 0.25) is 0 Å². The fourth-order valence-electron chi connectivity index (χ4n) is 2.43. The second-order valence-electron chi connectivity index (χ2n) is 4.88. The highest BCUT2D eigenvalue weighted by Crippen LogP contribution is 2.28. The van der Waals surface area contributed by atoms with Gasteiger partial charge in [0.15, 0.2) is 0 Å². The van der Waals surface area contributed by atoms with E-state index in [9.17, 15) is 5.11 Å². The Morgan fingerprint density at radius 2 is 2.15 bits per heavy atom. The van der Waals surface area contributed by atoms with Crippen LogP contribution >= 0.6 is 0 Å². The highest BCUT2D eigenvalue weighted by Gasteiger charge is 2.15. The molecule has 3 rings (SSSR count). The van der Waals surface area contributed by atoms with Gasteiger partial charge >= 0.3 is 0 Å². The minimum atomic E-state index is -0.673. The molecule has 2 aromatic heterocycles. The molecule has 1 unspecified atom stereocenters. The quantitative estimate of drug-likeness (QED) is 0.790. The molecule has 102 valence electrons. The Morgan fingerprint density at radius 3 is 3.00 bits per heavy atom. The summed E-state index contributed by atoms with van der Waals surface area (Å²) in [6.45, 7) is 2.97. The van der Waals surface area contributed by atoms with Crippen LogP contribution in [0.2, 0.25) is 0 Å². The van der Waals surface area contributed by atoms with Crippen molar-refractivity contribution in [3.63, 3.8) is 0 Å². The average molecular weight is 267 g/mol. The molecule has 20 heavy (non-hydrogen) atoms. The monoisotopic (exact) mass is 267 g/mol. The van der Waals surface area contributed by atoms with Gasteiger partial charge in [-0.2, -0.15) is 5.10 Å². The lowest BCUT2D eigenvalue weighted by Gasteiger charge is -2.11. The molecule has 0 spiro atoms. The fraction of sp³-hybridized carbons (Fsp3) is 0.250. The van der Waals surface area contributed by atoms with E-state index < -0.39 is 6.10 Å². The van der Waals surface area contributed by atoms with Crippen molar-refractivity contribution in [1.29, 1.82) is 0 Å². The molecule has 0 amide bonds. The zero-order valence-electron chi connectivity index (χ0n) is 11.4. The number of aryl methyl sites for hydroxylation is 1. The zero-order valence-corrected chi connectivity index (χ0v) is 11.4. The predicted octanol–water partition coefficient (Wildman–Crippen LogP) is 2.92. The third kappa shape index (κ3) is 2.30. The third-order valence-corrected chi connectivity index (χ3v) is 3.43. The molecule has 0 radical (unpaired) electrons. The summed E-state index contributed by atoms with van der Waals surface area (Å²) in [7, 11) is 0. The maximum atomic E-state index is 10.6. The van der Waals surface area contributed by atoms with E-state index in [2.05, 4.69) is 17.0 Å². The van der Waals surface area contributed by atoms with Gasteiger partial charge in [0, 0.05) is 36.1 Å². The summed E-state index contributed by atoms with van der Waals surface area (Å²) >= 11 is 0. The highest BCUT2D eigenvalue weighted by molar-refractivity contribution is 5.85. The van der Waals surface area contributed by atoms with E-state index in [1.54, 1.807) is 18.6 Å². The molecule has 1 atom stereocenters. The van der Waals surface area contributed by atoms with Crippen molar-refractivity contribution >= 4 is 10.8 Å². The van der Waals surface area contributed by atoms with E-state index in [1.807, 2.05) is 35.1 Å². The number of rotatable bonds is 4. The largest absolute Gasteiger partial charge is 0.384 e. The molecular formula is C16H17N3O. The lowest BCUT2D eigenvalue weighted by Crippen LogP contribution is -2.00. The molecule has 0 saturated heterocycles. The summed E-state index contributed by atoms with van der Waals surface area (Å²) in [6, 6.07) is 7.86. The van der Waals surface area contributed by atoms with Crippen molar-refractivity contribution in [3.05, 3.63) is 60.2 Å². The van der Waals surface area contributed by atoms with Gasteiger partial charge in [0.1, 0.15) is 6.10 Å². The Hall–Kier alpha value is -2.20. The molecule has 4 heteroatoms. The number of hydrogen-bond donors (Lipinski definition) is 1. The number of nitrogens with zero attached hydrogens (tertiary/aromatic N) is 3. The summed E-state index contributed by atoms with van der Waals surface area (Å²) in [5.74, 6) is 0. The van der Waals surface area contributed by atoms with Crippen LogP contribution in [0, 0.1) is 0 Å². The molecule has 2 heterocycles. The Balaban J connectivity index is 2.01. The minimum absolute atomic E-state index is 0.673. The van der Waals surface area contributed by atoms with E-state index in [0.29, 0.717) is 0 Å². The van der Waals surface area contributed by atoms with Gasteiger partial charge in [0.05, 0.1) is 6.20 Å². The molecule has 1 aromatic carbocycles. The first-order chi connectivity index (χ1) is 9.79. The maximum absolute atomic E-state index is 10.6. The summed E-state index contributed by atoms with van der Waals surface area (Å²) in [5.41, 5.74) is 1.68. The molecule has 0 aliphatic heterocycles. The summed E-state index contributed by atoms with van der Waals surface area (Å²) in [6.07, 6.45) is 7.55. The van der Waals surface area contributed by atoms with Crippen LogP contribution in [0.4, 0.5) is 0 Å². The van der Waals surface area contributed by atoms with Crippen LogP contribution in [0.5, 0.6) is 0 Å². The van der Waals surface area contributed by atoms with E-state index in [4.69, 9.17) is 0 Å². The van der Waals surface area contributed by atoms with E-state index in [1.165, 1.54) is 0 Å². The molecule has 0 saturated carbocycles. The van der Waals surface area contributed by atoms with Crippen molar-refractivity contribution in [1.82, 2.24) is 14.8 Å². The van der Waals surface area contributed by atoms with Crippen LogP contribution < -0.4 is 0 Å². The second kappa shape index (κ2) is 5.43. The normalized spacial score (nSPS) is 12.7. The van der Waals surface area contributed by atoms with Gasteiger partial charge in [-0.25, -0.2) is 0 Å². The summed E-state index contributed by atoms with van der Waals surface area (Å²) in [5, 5.41) is 16.9. The molecule has 0 fully saturated rings. The van der Waals surface area contributed by atoms with Crippen LogP contribution in [-0.2, 0) is 6.54 Å². The number of aromatic nitrogens is 3. The van der Waals surface area contributed by atoms with Crippen LogP contribution in [0.15, 0.2) is 49.1 Å². The van der Waals surface area contributed by atoms with Crippen LogP contribution in [-0.4, -0.2) is 19.9 Å². The van der Waals surface area contributed by atoms with Gasteiger partial charge in [-0.05, 0) is 23.4 Å². The zero-order chi connectivity index (χ0) is 13.9. The van der Waals surface area contributed by atoms with Crippen molar-refractivity contribution in [2.45, 2.75) is 26.0 Å². The van der Waals surface area contributed by atoms with Gasteiger partial charge in [-0.1, -0.05) is 25.1 Å². The lowest BCUT2D eigenvalue weighted by atomic mass is 9.99. The number of fused-ring (bicyclic) bond motifs is 1. The van der Waals surface area contributed by atoms with E-state index in [-0.39, 0.29) is 0 Å². The number of aliphatic hydroxyl groups is 1. The van der Waals surface area contributed by atoms with Crippen molar-refractivity contribution < 1.29 is 5.11 Å². The first-order valence-corrected chi connectivity index (χ1v) is 6.82. The molecule has 0 aliphatic rings. The molecular weight excluding hydrogens is 250 g/mol. The Kier molecular flexibility index (Phi) is 3.48.